The summed E-state index contributed by atoms with van der Waals surface area (Å²) >= 11 is 0. The summed E-state index contributed by atoms with van der Waals surface area (Å²) < 4.78 is 16.4. The van der Waals surface area contributed by atoms with Gasteiger partial charge in [0.1, 0.15) is 6.16 Å². The summed E-state index contributed by atoms with van der Waals surface area (Å²) in [5.41, 5.74) is 0. The molecule has 0 saturated carbocycles. The van der Waals surface area contributed by atoms with Gasteiger partial charge >= 0.3 is 5.97 Å². The third-order valence-corrected chi connectivity index (χ3v) is 3.60. The molecule has 1 unspecified atom stereocenters. The van der Waals surface area contributed by atoms with Gasteiger partial charge in [-0.3, -0.25) is 9.36 Å². The fourth-order valence-electron chi connectivity index (χ4n) is 1.13. The predicted octanol–water partition coefficient (Wildman–Crippen LogP) is 1.15. The van der Waals surface area contributed by atoms with Crippen molar-refractivity contribution in [1.29, 1.82) is 0 Å². The highest BCUT2D eigenvalue weighted by Gasteiger charge is 2.25. The average Bonchev–Trinajstić information content (AvgIpc) is 2.18. The summed E-state index contributed by atoms with van der Waals surface area (Å²) in [6, 6.07) is 8.11. The van der Waals surface area contributed by atoms with E-state index in [2.05, 4.69) is 4.74 Å². The number of rotatable bonds is 4. The molecule has 1 N–H and O–H groups in total. The molecule has 0 aromatic heterocycles. The van der Waals surface area contributed by atoms with Gasteiger partial charge in [0.15, 0.2) is 0 Å². The summed E-state index contributed by atoms with van der Waals surface area (Å²) in [5, 5.41) is 0.276. The van der Waals surface area contributed by atoms with E-state index in [0.717, 1.165) is 0 Å². The van der Waals surface area contributed by atoms with Crippen LogP contribution >= 0.6 is 7.37 Å². The highest BCUT2D eigenvalue weighted by molar-refractivity contribution is 7.66. The van der Waals surface area contributed by atoms with E-state index in [-0.39, 0.29) is 11.9 Å². The van der Waals surface area contributed by atoms with Gasteiger partial charge in [-0.05, 0) is 19.1 Å². The number of benzene rings is 1. The Kier molecular flexibility index (Phi) is 4.06. The Morgan fingerprint density at radius 3 is 2.53 bits per heavy atom. The fraction of sp³-hybridized carbons (Fsp3) is 0.300. The molecule has 82 valence electrons. The standard InChI is InChI=1S/C10H13O4P/c1-2-14-10(11)8-15(12,13)9-6-4-3-5-7-9/h3-7H,2,8H2,1H3,(H,12,13). The molecule has 0 radical (unpaired) electrons. The van der Waals surface area contributed by atoms with Crippen LogP contribution in [0.2, 0.25) is 0 Å². The maximum atomic E-state index is 11.8. The lowest BCUT2D eigenvalue weighted by atomic mass is 10.4. The van der Waals surface area contributed by atoms with Gasteiger partial charge in [0, 0.05) is 5.30 Å². The van der Waals surface area contributed by atoms with Crippen LogP contribution in [-0.2, 0) is 14.1 Å². The first-order valence-electron chi connectivity index (χ1n) is 4.59. The zero-order valence-electron chi connectivity index (χ0n) is 8.42. The molecular weight excluding hydrogens is 215 g/mol. The van der Waals surface area contributed by atoms with Gasteiger partial charge in [0.2, 0.25) is 7.37 Å². The zero-order chi connectivity index (χ0) is 11.3. The fourth-order valence-corrected chi connectivity index (χ4v) is 2.40. The highest BCUT2D eigenvalue weighted by atomic mass is 31.2. The lowest BCUT2D eigenvalue weighted by Crippen LogP contribution is -2.15. The molecule has 0 bridgehead atoms. The topological polar surface area (TPSA) is 63.6 Å². The van der Waals surface area contributed by atoms with Crippen LogP contribution in [0.3, 0.4) is 0 Å². The number of esters is 1. The third kappa shape index (κ3) is 3.50. The van der Waals surface area contributed by atoms with Crippen LogP contribution in [0.25, 0.3) is 0 Å². The van der Waals surface area contributed by atoms with Crippen molar-refractivity contribution in [3.63, 3.8) is 0 Å². The van der Waals surface area contributed by atoms with Crippen molar-refractivity contribution in [2.24, 2.45) is 0 Å². The molecule has 0 aliphatic rings. The molecule has 1 atom stereocenters. The Labute approximate surface area is 88.3 Å². The van der Waals surface area contributed by atoms with Crippen LogP contribution in [0.1, 0.15) is 6.92 Å². The molecule has 0 spiro atoms. The minimum Gasteiger partial charge on any atom is -0.466 e. The van der Waals surface area contributed by atoms with Crippen LogP contribution in [0.4, 0.5) is 0 Å². The van der Waals surface area contributed by atoms with Gasteiger partial charge < -0.3 is 9.63 Å². The van der Waals surface area contributed by atoms with Crippen molar-refractivity contribution in [1.82, 2.24) is 0 Å². The molecular formula is C10H13O4P. The van der Waals surface area contributed by atoms with Gasteiger partial charge in [-0.1, -0.05) is 18.2 Å². The summed E-state index contributed by atoms with van der Waals surface area (Å²) in [6.07, 6.45) is -0.467. The van der Waals surface area contributed by atoms with Crippen LogP contribution in [0.5, 0.6) is 0 Å². The maximum absolute atomic E-state index is 11.8. The second-order valence-electron chi connectivity index (χ2n) is 3.00. The average molecular weight is 228 g/mol. The SMILES string of the molecule is CCOC(=O)CP(=O)(O)c1ccccc1. The van der Waals surface area contributed by atoms with Crippen molar-refractivity contribution in [2.75, 3.05) is 12.8 Å². The summed E-state index contributed by atoms with van der Waals surface area (Å²) in [4.78, 5) is 20.7. The van der Waals surface area contributed by atoms with E-state index in [9.17, 15) is 14.3 Å². The van der Waals surface area contributed by atoms with E-state index in [1.807, 2.05) is 0 Å². The quantitative estimate of drug-likeness (QED) is 0.620. The second kappa shape index (κ2) is 5.10. The maximum Gasteiger partial charge on any atom is 0.315 e. The van der Waals surface area contributed by atoms with Crippen molar-refractivity contribution in [3.05, 3.63) is 30.3 Å². The normalized spacial score (nSPS) is 14.3. The van der Waals surface area contributed by atoms with Crippen LogP contribution in [-0.4, -0.2) is 23.6 Å². The van der Waals surface area contributed by atoms with E-state index in [4.69, 9.17) is 0 Å². The van der Waals surface area contributed by atoms with Crippen LogP contribution in [0.15, 0.2) is 30.3 Å². The van der Waals surface area contributed by atoms with Gasteiger partial charge in [-0.15, -0.1) is 0 Å². The van der Waals surface area contributed by atoms with E-state index in [1.54, 1.807) is 25.1 Å². The van der Waals surface area contributed by atoms with E-state index in [1.165, 1.54) is 12.1 Å². The molecule has 1 rings (SSSR count). The molecule has 0 aliphatic carbocycles. The predicted molar refractivity (Wildman–Crippen MR) is 57.4 cm³/mol. The summed E-state index contributed by atoms with van der Waals surface area (Å²) in [7, 11) is -3.61. The first kappa shape index (κ1) is 12.0. The third-order valence-electron chi connectivity index (χ3n) is 1.81. The first-order valence-corrected chi connectivity index (χ1v) is 6.44. The molecule has 0 fully saturated rings. The summed E-state index contributed by atoms with van der Waals surface area (Å²) in [5.74, 6) is -0.646. The van der Waals surface area contributed by atoms with Crippen molar-refractivity contribution in [2.45, 2.75) is 6.92 Å². The van der Waals surface area contributed by atoms with E-state index >= 15 is 0 Å². The molecule has 4 nitrogen and oxygen atoms in total. The molecule has 0 amide bonds. The zero-order valence-corrected chi connectivity index (χ0v) is 9.31. The van der Waals surface area contributed by atoms with Crippen molar-refractivity contribution >= 4 is 18.6 Å². The Hall–Kier alpha value is -1.12. The Balaban J connectivity index is 2.76. The van der Waals surface area contributed by atoms with Gasteiger partial charge in [0.25, 0.3) is 0 Å². The Bertz CT molecular complexity index is 374. The second-order valence-corrected chi connectivity index (χ2v) is 5.24. The molecule has 0 saturated heterocycles. The number of carbonyl (C=O) groups is 1. The van der Waals surface area contributed by atoms with E-state index in [0.29, 0.717) is 0 Å². The van der Waals surface area contributed by atoms with Gasteiger partial charge in [0.05, 0.1) is 6.61 Å². The number of ether oxygens (including phenoxy) is 1. The number of carbonyl (C=O) groups excluding carboxylic acids is 1. The van der Waals surface area contributed by atoms with Crippen molar-refractivity contribution in [3.8, 4) is 0 Å². The molecule has 0 aliphatic heterocycles. The first-order chi connectivity index (χ1) is 7.06. The highest BCUT2D eigenvalue weighted by Crippen LogP contribution is 2.38. The summed E-state index contributed by atoms with van der Waals surface area (Å²) in [6.45, 7) is 1.87. The lowest BCUT2D eigenvalue weighted by molar-refractivity contribution is -0.140. The van der Waals surface area contributed by atoms with Crippen LogP contribution < -0.4 is 5.30 Å². The van der Waals surface area contributed by atoms with Gasteiger partial charge in [-0.25, -0.2) is 0 Å². The largest absolute Gasteiger partial charge is 0.466 e. The van der Waals surface area contributed by atoms with Gasteiger partial charge in [-0.2, -0.15) is 0 Å². The molecule has 0 heterocycles. The lowest BCUT2D eigenvalue weighted by Gasteiger charge is -2.10. The van der Waals surface area contributed by atoms with Crippen molar-refractivity contribution < 1.29 is 19.0 Å². The molecule has 15 heavy (non-hydrogen) atoms. The van der Waals surface area contributed by atoms with E-state index < -0.39 is 19.5 Å². The minimum atomic E-state index is -3.61. The minimum absolute atomic E-state index is 0.216. The molecule has 1 aromatic rings. The molecule has 1 aromatic carbocycles. The smallest absolute Gasteiger partial charge is 0.315 e. The molecule has 5 heteroatoms. The number of hydrogen-bond donors (Lipinski definition) is 1. The van der Waals surface area contributed by atoms with Crippen LogP contribution in [0, 0.1) is 0 Å². The number of hydrogen-bond acceptors (Lipinski definition) is 3. The monoisotopic (exact) mass is 228 g/mol. The Morgan fingerprint density at radius 1 is 1.40 bits per heavy atom. The Morgan fingerprint density at radius 2 is 2.00 bits per heavy atom.